The van der Waals surface area contributed by atoms with Gasteiger partial charge in [-0.25, -0.2) is 5.10 Å². The Hall–Kier alpha value is -4.38. The molecule has 0 spiro atoms. The first kappa shape index (κ1) is 21.8. The molecular formula is C25H17F3N4O. The van der Waals surface area contributed by atoms with Crippen LogP contribution in [0.3, 0.4) is 0 Å². The highest BCUT2D eigenvalue weighted by molar-refractivity contribution is 5.80. The lowest BCUT2D eigenvalue weighted by atomic mass is 10.0. The summed E-state index contributed by atoms with van der Waals surface area (Å²) >= 11 is 0. The number of H-pyrrole nitrogens is 1. The minimum absolute atomic E-state index is 0.179. The van der Waals surface area contributed by atoms with E-state index >= 15 is 0 Å². The van der Waals surface area contributed by atoms with Gasteiger partial charge in [-0.2, -0.15) is 18.4 Å². The third-order valence-electron chi connectivity index (χ3n) is 4.86. The number of aromatic amines is 1. The first-order valence-electron chi connectivity index (χ1n) is 9.92. The van der Waals surface area contributed by atoms with Crippen LogP contribution in [0, 0.1) is 11.3 Å². The number of ether oxygens (including phenoxy) is 1. The second kappa shape index (κ2) is 9.40. The lowest BCUT2D eigenvalue weighted by Crippen LogP contribution is -2.04. The second-order valence-corrected chi connectivity index (χ2v) is 7.10. The van der Waals surface area contributed by atoms with Crippen molar-refractivity contribution in [1.29, 1.82) is 5.26 Å². The molecule has 0 unspecified atom stereocenters. The average Bonchev–Trinajstić information content (AvgIpc) is 3.30. The summed E-state index contributed by atoms with van der Waals surface area (Å²) in [6, 6.07) is 21.9. The fourth-order valence-corrected chi connectivity index (χ4v) is 3.26. The van der Waals surface area contributed by atoms with E-state index in [0.29, 0.717) is 28.1 Å². The molecule has 164 valence electrons. The zero-order valence-corrected chi connectivity index (χ0v) is 17.2. The molecule has 1 heterocycles. The molecule has 0 atom stereocenters. The van der Waals surface area contributed by atoms with Gasteiger partial charge in [-0.05, 0) is 29.3 Å². The van der Waals surface area contributed by atoms with Gasteiger partial charge in [-0.15, -0.1) is 5.10 Å². The van der Waals surface area contributed by atoms with Crippen molar-refractivity contribution in [3.8, 4) is 23.1 Å². The van der Waals surface area contributed by atoms with Crippen LogP contribution in [0.1, 0.15) is 27.9 Å². The molecule has 0 saturated carbocycles. The Morgan fingerprint density at radius 3 is 2.52 bits per heavy atom. The van der Waals surface area contributed by atoms with Gasteiger partial charge in [0.1, 0.15) is 24.1 Å². The number of nitrogens with zero attached hydrogens (tertiary/aromatic N) is 3. The van der Waals surface area contributed by atoms with Gasteiger partial charge in [0.15, 0.2) is 5.69 Å². The summed E-state index contributed by atoms with van der Waals surface area (Å²) in [5, 5.41) is 19.6. The van der Waals surface area contributed by atoms with Crippen LogP contribution in [-0.2, 0) is 12.8 Å². The number of rotatable bonds is 6. The Morgan fingerprint density at radius 1 is 0.970 bits per heavy atom. The second-order valence-electron chi connectivity index (χ2n) is 7.10. The Bertz CT molecular complexity index is 1320. The third-order valence-corrected chi connectivity index (χ3v) is 4.86. The van der Waals surface area contributed by atoms with Crippen molar-refractivity contribution in [2.24, 2.45) is 0 Å². The van der Waals surface area contributed by atoms with Crippen molar-refractivity contribution in [3.05, 3.63) is 101 Å². The highest BCUT2D eigenvalue weighted by Gasteiger charge is 2.30. The van der Waals surface area contributed by atoms with Crippen molar-refractivity contribution in [1.82, 2.24) is 15.4 Å². The van der Waals surface area contributed by atoms with E-state index in [1.54, 1.807) is 36.4 Å². The van der Waals surface area contributed by atoms with Crippen LogP contribution in [-0.4, -0.2) is 15.4 Å². The maximum absolute atomic E-state index is 13.1. The normalized spacial score (nSPS) is 11.5. The molecule has 33 heavy (non-hydrogen) atoms. The molecule has 0 saturated heterocycles. The number of nitrogens with one attached hydrogen (secondary N) is 1. The first-order chi connectivity index (χ1) is 16.0. The lowest BCUT2D eigenvalue weighted by molar-refractivity contribution is -0.137. The number of halogens is 3. The Balaban J connectivity index is 1.74. The summed E-state index contributed by atoms with van der Waals surface area (Å²) in [5.41, 5.74) is 2.27. The molecule has 0 amide bonds. The number of para-hydroxylation sites is 1. The van der Waals surface area contributed by atoms with E-state index in [-0.39, 0.29) is 12.3 Å². The molecule has 1 N–H and O–H groups in total. The third kappa shape index (κ3) is 5.10. The average molecular weight is 446 g/mol. The van der Waals surface area contributed by atoms with Gasteiger partial charge in [-0.3, -0.25) is 0 Å². The Kier molecular flexibility index (Phi) is 6.22. The fraction of sp³-hybridized carbons (Fsp3) is 0.0800. The van der Waals surface area contributed by atoms with Crippen LogP contribution >= 0.6 is 0 Å². The van der Waals surface area contributed by atoms with Crippen molar-refractivity contribution in [3.63, 3.8) is 0 Å². The molecule has 0 aliphatic heterocycles. The number of aromatic nitrogens is 3. The molecule has 0 aliphatic carbocycles. The van der Waals surface area contributed by atoms with Crippen LogP contribution in [0.2, 0.25) is 0 Å². The molecule has 4 rings (SSSR count). The maximum atomic E-state index is 13.1. The maximum Gasteiger partial charge on any atom is 0.416 e. The summed E-state index contributed by atoms with van der Waals surface area (Å²) < 4.78 is 45.3. The van der Waals surface area contributed by atoms with Gasteiger partial charge in [0.05, 0.1) is 5.56 Å². The predicted molar refractivity (Wildman–Crippen MR) is 118 cm³/mol. The van der Waals surface area contributed by atoms with Gasteiger partial charge in [0, 0.05) is 11.1 Å². The van der Waals surface area contributed by atoms with Gasteiger partial charge < -0.3 is 4.74 Å². The zero-order chi connectivity index (χ0) is 23.3. The molecule has 1 aromatic heterocycles. The van der Waals surface area contributed by atoms with Crippen LogP contribution in [0.5, 0.6) is 5.75 Å². The summed E-state index contributed by atoms with van der Waals surface area (Å²) in [6.45, 7) is 0.252. The van der Waals surface area contributed by atoms with E-state index < -0.39 is 11.7 Å². The van der Waals surface area contributed by atoms with Gasteiger partial charge in [0.2, 0.25) is 0 Å². The van der Waals surface area contributed by atoms with E-state index in [9.17, 15) is 18.4 Å². The minimum Gasteiger partial charge on any atom is -0.488 e. The lowest BCUT2D eigenvalue weighted by Gasteiger charge is -2.14. The standard InChI is InChI=1S/C25H17F3N4O/c26-25(27,28)20-10-4-8-17(14-20)12-13-19-9-5-11-21(23-22(15-29)30-32-31-23)24(19)33-16-18-6-2-1-3-7-18/h1-14H,16H2,(H,30,31,32)/b13-12+. The molecule has 0 bridgehead atoms. The quantitative estimate of drug-likeness (QED) is 0.363. The summed E-state index contributed by atoms with van der Waals surface area (Å²) in [7, 11) is 0. The SMILES string of the molecule is N#Cc1[nH]nnc1-c1cccc(/C=C/c2cccc(C(F)(F)F)c2)c1OCc1ccccc1. The monoisotopic (exact) mass is 446 g/mol. The molecule has 3 aromatic carbocycles. The molecule has 0 fully saturated rings. The number of alkyl halides is 3. The Morgan fingerprint density at radius 2 is 1.76 bits per heavy atom. The van der Waals surface area contributed by atoms with E-state index in [2.05, 4.69) is 15.4 Å². The van der Waals surface area contributed by atoms with E-state index in [4.69, 9.17) is 4.74 Å². The van der Waals surface area contributed by atoms with E-state index in [1.807, 2.05) is 36.4 Å². The molecule has 0 radical (unpaired) electrons. The van der Waals surface area contributed by atoms with Crippen molar-refractivity contribution >= 4 is 12.2 Å². The molecule has 4 aromatic rings. The number of benzene rings is 3. The van der Waals surface area contributed by atoms with E-state index in [1.165, 1.54) is 6.07 Å². The first-order valence-corrected chi connectivity index (χ1v) is 9.92. The highest BCUT2D eigenvalue weighted by Crippen LogP contribution is 2.35. The van der Waals surface area contributed by atoms with Crippen molar-refractivity contribution in [2.45, 2.75) is 12.8 Å². The molecular weight excluding hydrogens is 429 g/mol. The summed E-state index contributed by atoms with van der Waals surface area (Å²) in [5.74, 6) is 0.440. The fourth-order valence-electron chi connectivity index (χ4n) is 3.26. The predicted octanol–water partition coefficient (Wildman–Crippen LogP) is 6.11. The van der Waals surface area contributed by atoms with E-state index in [0.717, 1.165) is 17.7 Å². The number of hydrogen-bond donors (Lipinski definition) is 1. The van der Waals surface area contributed by atoms with Gasteiger partial charge in [0.25, 0.3) is 0 Å². The van der Waals surface area contributed by atoms with Crippen molar-refractivity contribution < 1.29 is 17.9 Å². The summed E-state index contributed by atoms with van der Waals surface area (Å²) in [6.07, 6.45) is -1.17. The highest BCUT2D eigenvalue weighted by atomic mass is 19.4. The smallest absolute Gasteiger partial charge is 0.416 e. The largest absolute Gasteiger partial charge is 0.488 e. The minimum atomic E-state index is -4.42. The molecule has 8 heteroatoms. The topological polar surface area (TPSA) is 74.6 Å². The number of hydrogen-bond acceptors (Lipinski definition) is 4. The molecule has 0 aliphatic rings. The van der Waals surface area contributed by atoms with Crippen LogP contribution in [0.15, 0.2) is 72.8 Å². The van der Waals surface area contributed by atoms with Crippen LogP contribution in [0.4, 0.5) is 13.2 Å². The molecule has 5 nitrogen and oxygen atoms in total. The van der Waals surface area contributed by atoms with Crippen molar-refractivity contribution in [2.75, 3.05) is 0 Å². The zero-order valence-electron chi connectivity index (χ0n) is 17.2. The summed E-state index contributed by atoms with van der Waals surface area (Å²) in [4.78, 5) is 0. The van der Waals surface area contributed by atoms with Crippen LogP contribution < -0.4 is 4.74 Å². The Labute approximate surface area is 187 Å². The van der Waals surface area contributed by atoms with Crippen LogP contribution in [0.25, 0.3) is 23.4 Å². The van der Waals surface area contributed by atoms with Gasteiger partial charge >= 0.3 is 6.18 Å². The number of nitriles is 1. The van der Waals surface area contributed by atoms with Gasteiger partial charge in [-0.1, -0.05) is 72.0 Å².